The summed E-state index contributed by atoms with van der Waals surface area (Å²) in [4.78, 5) is 35.9. The summed E-state index contributed by atoms with van der Waals surface area (Å²) in [6, 6.07) is 19.1. The third kappa shape index (κ3) is 3.45. The van der Waals surface area contributed by atoms with E-state index < -0.39 is 36.0 Å². The van der Waals surface area contributed by atoms with Crippen LogP contribution in [-0.2, 0) is 20.2 Å². The van der Waals surface area contributed by atoms with Gasteiger partial charge in [-0.1, -0.05) is 48.5 Å². The van der Waals surface area contributed by atoms with Gasteiger partial charge in [-0.15, -0.1) is 0 Å². The zero-order chi connectivity index (χ0) is 24.0. The lowest BCUT2D eigenvalue weighted by Crippen LogP contribution is -2.37. The Morgan fingerprint density at radius 2 is 1.62 bits per heavy atom. The highest BCUT2D eigenvalue weighted by Gasteiger charge is 2.53. The second kappa shape index (κ2) is 7.95. The van der Waals surface area contributed by atoms with Gasteiger partial charge in [0.1, 0.15) is 13.2 Å². The molecule has 7 nitrogen and oxygen atoms in total. The minimum absolute atomic E-state index is 0.000576. The molecule has 1 aliphatic carbocycles. The number of carboxylic acid groups (broad SMARTS) is 1. The summed E-state index contributed by atoms with van der Waals surface area (Å²) in [7, 11) is 0. The Morgan fingerprint density at radius 3 is 2.24 bits per heavy atom. The number of carbonyl (C=O) groups is 3. The maximum Gasteiger partial charge on any atom is 0.411 e. The van der Waals surface area contributed by atoms with E-state index in [0.29, 0.717) is 4.90 Å². The molecule has 3 aromatic carbocycles. The topological polar surface area (TPSA) is 95.9 Å². The number of hydrogen-bond acceptors (Lipinski definition) is 4. The molecule has 0 saturated heterocycles. The van der Waals surface area contributed by atoms with Gasteiger partial charge >= 0.3 is 23.9 Å². The predicted octanol–water partition coefficient (Wildman–Crippen LogP) is 4.57. The standard InChI is InChI=1S/C25H18F2N2O5/c26-25(27)20-11-14(9-10-21(20)29(23(25)32)12-22(30)31)28-24(33)34-13-19-17-7-3-1-5-15(17)16-6-2-4-8-18(16)19/h1-11,19H,12-13H2,(H,28,33)(H,30,31). The second-order valence-corrected chi connectivity index (χ2v) is 8.04. The highest BCUT2D eigenvalue weighted by Crippen LogP contribution is 2.46. The summed E-state index contributed by atoms with van der Waals surface area (Å²) < 4.78 is 34.3. The first kappa shape index (κ1) is 21.6. The number of halogens is 2. The van der Waals surface area contributed by atoms with Gasteiger partial charge in [0.25, 0.3) is 0 Å². The molecule has 1 heterocycles. The van der Waals surface area contributed by atoms with Gasteiger partial charge in [-0.2, -0.15) is 8.78 Å². The molecular formula is C25H18F2N2O5. The first-order valence-corrected chi connectivity index (χ1v) is 10.5. The van der Waals surface area contributed by atoms with E-state index in [4.69, 9.17) is 9.84 Å². The van der Waals surface area contributed by atoms with E-state index in [0.717, 1.165) is 28.3 Å². The minimum Gasteiger partial charge on any atom is -0.480 e. The van der Waals surface area contributed by atoms with Gasteiger partial charge in [0.15, 0.2) is 0 Å². The average molecular weight is 464 g/mol. The van der Waals surface area contributed by atoms with Crippen LogP contribution in [0.25, 0.3) is 11.1 Å². The summed E-state index contributed by atoms with van der Waals surface area (Å²) in [5.74, 6) is -7.10. The largest absolute Gasteiger partial charge is 0.480 e. The fourth-order valence-electron chi connectivity index (χ4n) is 4.54. The number of nitrogens with zero attached hydrogens (tertiary/aromatic N) is 1. The van der Waals surface area contributed by atoms with Crippen molar-refractivity contribution in [3.05, 3.63) is 83.4 Å². The highest BCUT2D eigenvalue weighted by molar-refractivity contribution is 6.08. The van der Waals surface area contributed by atoms with Crippen LogP contribution in [-0.4, -0.2) is 36.2 Å². The zero-order valence-electron chi connectivity index (χ0n) is 17.6. The second-order valence-electron chi connectivity index (χ2n) is 8.04. The third-order valence-electron chi connectivity index (χ3n) is 6.02. The number of hydrogen-bond donors (Lipinski definition) is 2. The Labute approximate surface area is 192 Å². The van der Waals surface area contributed by atoms with Crippen molar-refractivity contribution in [1.29, 1.82) is 0 Å². The zero-order valence-corrected chi connectivity index (χ0v) is 17.6. The van der Waals surface area contributed by atoms with Gasteiger partial charge in [0.05, 0.1) is 11.3 Å². The summed E-state index contributed by atoms with van der Waals surface area (Å²) in [6.07, 6.45) is -0.836. The van der Waals surface area contributed by atoms with Crippen LogP contribution in [0, 0.1) is 0 Å². The van der Waals surface area contributed by atoms with Crippen molar-refractivity contribution in [3.8, 4) is 11.1 Å². The number of alkyl halides is 2. The van der Waals surface area contributed by atoms with Gasteiger partial charge in [-0.3, -0.25) is 19.8 Å². The van der Waals surface area contributed by atoms with E-state index >= 15 is 0 Å². The lowest BCUT2D eigenvalue weighted by Gasteiger charge is -2.15. The van der Waals surface area contributed by atoms with Crippen molar-refractivity contribution in [1.82, 2.24) is 0 Å². The predicted molar refractivity (Wildman–Crippen MR) is 119 cm³/mol. The molecule has 172 valence electrons. The summed E-state index contributed by atoms with van der Waals surface area (Å²) in [5.41, 5.74) is 3.33. The molecule has 0 bridgehead atoms. The summed E-state index contributed by atoms with van der Waals surface area (Å²) in [6.45, 7) is -0.841. The summed E-state index contributed by atoms with van der Waals surface area (Å²) >= 11 is 0. The molecule has 0 spiro atoms. The number of ether oxygens (including phenoxy) is 1. The molecule has 2 amide bonds. The number of carboxylic acids is 1. The Kier molecular flexibility index (Phi) is 5.04. The summed E-state index contributed by atoms with van der Waals surface area (Å²) in [5, 5.41) is 11.3. The van der Waals surface area contributed by atoms with Gasteiger partial charge < -0.3 is 9.84 Å². The molecule has 0 fully saturated rings. The van der Waals surface area contributed by atoms with Crippen molar-refractivity contribution >= 4 is 29.3 Å². The van der Waals surface area contributed by atoms with Gasteiger partial charge in [0, 0.05) is 11.6 Å². The molecule has 0 saturated carbocycles. The van der Waals surface area contributed by atoms with Crippen molar-refractivity contribution in [2.24, 2.45) is 0 Å². The number of amides is 2. The van der Waals surface area contributed by atoms with Gasteiger partial charge in [-0.05, 0) is 40.5 Å². The van der Waals surface area contributed by atoms with Crippen LogP contribution >= 0.6 is 0 Å². The van der Waals surface area contributed by atoms with E-state index in [1.807, 2.05) is 48.5 Å². The van der Waals surface area contributed by atoms with Crippen LogP contribution < -0.4 is 10.2 Å². The quantitative estimate of drug-likeness (QED) is 0.577. The lowest BCUT2D eigenvalue weighted by molar-refractivity contribution is -0.144. The molecule has 5 rings (SSSR count). The van der Waals surface area contributed by atoms with E-state index in [2.05, 4.69) is 5.32 Å². The SMILES string of the molecule is O=C(O)CN1C(=O)C(F)(F)c2cc(NC(=O)OCC3c4ccccc4-c4ccccc43)ccc21. The van der Waals surface area contributed by atoms with E-state index in [1.165, 1.54) is 12.1 Å². The van der Waals surface area contributed by atoms with Crippen LogP contribution in [0.4, 0.5) is 25.0 Å². The Morgan fingerprint density at radius 1 is 1.00 bits per heavy atom. The van der Waals surface area contributed by atoms with E-state index in [1.54, 1.807) is 0 Å². The number of anilines is 2. The molecule has 0 unspecified atom stereocenters. The van der Waals surface area contributed by atoms with Gasteiger partial charge in [0.2, 0.25) is 0 Å². The number of rotatable bonds is 5. The monoisotopic (exact) mass is 464 g/mol. The average Bonchev–Trinajstić information content (AvgIpc) is 3.23. The first-order chi connectivity index (χ1) is 16.3. The van der Waals surface area contributed by atoms with Crippen LogP contribution in [0.5, 0.6) is 0 Å². The van der Waals surface area contributed by atoms with Gasteiger partial charge in [-0.25, -0.2) is 4.79 Å². The van der Waals surface area contributed by atoms with Crippen LogP contribution in [0.3, 0.4) is 0 Å². The molecule has 34 heavy (non-hydrogen) atoms. The lowest BCUT2D eigenvalue weighted by atomic mass is 9.98. The van der Waals surface area contributed by atoms with Crippen molar-refractivity contribution in [2.45, 2.75) is 11.8 Å². The van der Waals surface area contributed by atoms with E-state index in [-0.39, 0.29) is 23.9 Å². The number of aliphatic carboxylic acids is 1. The molecule has 2 N–H and O–H groups in total. The van der Waals surface area contributed by atoms with Crippen LogP contribution in [0.15, 0.2) is 66.7 Å². The van der Waals surface area contributed by atoms with Crippen molar-refractivity contribution < 1.29 is 33.0 Å². The number of nitrogens with one attached hydrogen (secondary N) is 1. The molecular weight excluding hydrogens is 446 g/mol. The Hall–Kier alpha value is -4.27. The molecule has 3 aromatic rings. The number of benzene rings is 3. The van der Waals surface area contributed by atoms with Crippen LogP contribution in [0.1, 0.15) is 22.6 Å². The van der Waals surface area contributed by atoms with Crippen molar-refractivity contribution in [3.63, 3.8) is 0 Å². The first-order valence-electron chi connectivity index (χ1n) is 10.5. The maximum atomic E-state index is 14.5. The van der Waals surface area contributed by atoms with Crippen molar-refractivity contribution in [2.75, 3.05) is 23.4 Å². The highest BCUT2D eigenvalue weighted by atomic mass is 19.3. The molecule has 0 atom stereocenters. The fraction of sp³-hybridized carbons (Fsp3) is 0.160. The molecule has 0 aromatic heterocycles. The minimum atomic E-state index is -3.90. The fourth-order valence-corrected chi connectivity index (χ4v) is 4.54. The Bertz CT molecular complexity index is 1290. The molecule has 0 radical (unpaired) electrons. The maximum absolute atomic E-state index is 14.5. The van der Waals surface area contributed by atoms with E-state index in [9.17, 15) is 23.2 Å². The molecule has 9 heteroatoms. The number of carbonyl (C=O) groups excluding carboxylic acids is 2. The number of fused-ring (bicyclic) bond motifs is 4. The molecule has 2 aliphatic rings. The molecule has 1 aliphatic heterocycles. The normalized spacial score (nSPS) is 15.5. The third-order valence-corrected chi connectivity index (χ3v) is 6.02. The van der Waals surface area contributed by atoms with Crippen LogP contribution in [0.2, 0.25) is 0 Å². The smallest absolute Gasteiger partial charge is 0.411 e. The Balaban J connectivity index is 1.32.